The molecule has 1 heterocycles. The van der Waals surface area contributed by atoms with Crippen molar-refractivity contribution in [2.75, 3.05) is 13.1 Å². The minimum atomic E-state index is 0.171. The molecule has 0 aliphatic carbocycles. The first-order valence-electron chi connectivity index (χ1n) is 5.91. The maximum Gasteiger partial charge on any atom is 0.224 e. The lowest BCUT2D eigenvalue weighted by Crippen LogP contribution is -2.37. The maximum atomic E-state index is 11.8. The van der Waals surface area contributed by atoms with E-state index in [4.69, 9.17) is 0 Å². The van der Waals surface area contributed by atoms with Crippen LogP contribution in [0.15, 0.2) is 0 Å². The van der Waals surface area contributed by atoms with Gasteiger partial charge in [-0.15, -0.1) is 0 Å². The fourth-order valence-corrected chi connectivity index (χ4v) is 1.91. The third kappa shape index (κ3) is 4.20. The van der Waals surface area contributed by atoms with Crippen LogP contribution < -0.4 is 10.6 Å². The van der Waals surface area contributed by atoms with Gasteiger partial charge in [0.2, 0.25) is 5.91 Å². The summed E-state index contributed by atoms with van der Waals surface area (Å²) < 4.78 is 0. The van der Waals surface area contributed by atoms with Crippen LogP contribution in [-0.2, 0) is 4.79 Å². The molecule has 1 saturated heterocycles. The van der Waals surface area contributed by atoms with Crippen molar-refractivity contribution >= 4 is 5.91 Å². The largest absolute Gasteiger partial charge is 0.356 e. The lowest BCUT2D eigenvalue weighted by molar-refractivity contribution is -0.125. The minimum absolute atomic E-state index is 0.171. The highest BCUT2D eigenvalue weighted by molar-refractivity contribution is 5.79. The predicted octanol–water partition coefficient (Wildman–Crippen LogP) is 1.54. The van der Waals surface area contributed by atoms with Crippen LogP contribution in [0.3, 0.4) is 0 Å². The van der Waals surface area contributed by atoms with Crippen molar-refractivity contribution in [2.24, 2.45) is 11.3 Å². The topological polar surface area (TPSA) is 41.1 Å². The lowest BCUT2D eigenvalue weighted by Gasteiger charge is -2.20. The highest BCUT2D eigenvalue weighted by Crippen LogP contribution is 2.18. The van der Waals surface area contributed by atoms with E-state index in [1.165, 1.54) is 0 Å². The number of rotatable bonds is 3. The standard InChI is InChI=1S/C12H24N2O/c1-9-10(5-7-13-9)11(15)14-8-6-12(2,3)4/h9-10,13H,5-8H2,1-4H3,(H,14,15). The number of hydrogen-bond donors (Lipinski definition) is 2. The van der Waals surface area contributed by atoms with Crippen molar-refractivity contribution < 1.29 is 4.79 Å². The van der Waals surface area contributed by atoms with E-state index in [0.29, 0.717) is 11.5 Å². The molecule has 1 amide bonds. The second-order valence-corrected chi connectivity index (χ2v) is 5.74. The van der Waals surface area contributed by atoms with Crippen molar-refractivity contribution in [3.8, 4) is 0 Å². The summed E-state index contributed by atoms with van der Waals surface area (Å²) in [5.41, 5.74) is 0.298. The molecular weight excluding hydrogens is 188 g/mol. The van der Waals surface area contributed by atoms with E-state index < -0.39 is 0 Å². The van der Waals surface area contributed by atoms with Crippen LogP contribution in [0.5, 0.6) is 0 Å². The normalized spacial score (nSPS) is 26.7. The molecule has 1 aliphatic rings. The van der Waals surface area contributed by atoms with Gasteiger partial charge in [-0.2, -0.15) is 0 Å². The van der Waals surface area contributed by atoms with Crippen LogP contribution in [-0.4, -0.2) is 25.0 Å². The third-order valence-electron chi connectivity index (χ3n) is 3.04. The number of carbonyl (C=O) groups is 1. The fourth-order valence-electron chi connectivity index (χ4n) is 1.91. The summed E-state index contributed by atoms with van der Waals surface area (Å²) in [6.45, 7) is 10.4. The highest BCUT2D eigenvalue weighted by atomic mass is 16.1. The predicted molar refractivity (Wildman–Crippen MR) is 62.7 cm³/mol. The van der Waals surface area contributed by atoms with Crippen LogP contribution in [0.2, 0.25) is 0 Å². The Hall–Kier alpha value is -0.570. The highest BCUT2D eigenvalue weighted by Gasteiger charge is 2.29. The Kier molecular flexibility index (Phi) is 4.14. The molecule has 2 atom stereocenters. The van der Waals surface area contributed by atoms with Gasteiger partial charge in [0.1, 0.15) is 0 Å². The Morgan fingerprint density at radius 1 is 1.47 bits per heavy atom. The molecule has 3 heteroatoms. The van der Waals surface area contributed by atoms with E-state index in [1.807, 2.05) is 0 Å². The molecule has 0 radical (unpaired) electrons. The van der Waals surface area contributed by atoms with E-state index >= 15 is 0 Å². The van der Waals surface area contributed by atoms with Crippen LogP contribution >= 0.6 is 0 Å². The molecule has 15 heavy (non-hydrogen) atoms. The Morgan fingerprint density at radius 3 is 2.60 bits per heavy atom. The second kappa shape index (κ2) is 4.97. The van der Waals surface area contributed by atoms with Gasteiger partial charge in [0.15, 0.2) is 0 Å². The SMILES string of the molecule is CC1NCCC1C(=O)NCCC(C)(C)C. The number of carbonyl (C=O) groups excluding carboxylic acids is 1. The van der Waals surface area contributed by atoms with E-state index in [9.17, 15) is 4.79 Å². The molecule has 0 spiro atoms. The molecule has 2 N–H and O–H groups in total. The zero-order valence-electron chi connectivity index (χ0n) is 10.4. The quantitative estimate of drug-likeness (QED) is 0.745. The smallest absolute Gasteiger partial charge is 0.224 e. The molecule has 3 nitrogen and oxygen atoms in total. The molecule has 1 rings (SSSR count). The monoisotopic (exact) mass is 212 g/mol. The molecule has 0 aromatic rings. The Bertz CT molecular complexity index is 220. The van der Waals surface area contributed by atoms with Gasteiger partial charge < -0.3 is 10.6 Å². The number of amides is 1. The van der Waals surface area contributed by atoms with Gasteiger partial charge in [-0.25, -0.2) is 0 Å². The third-order valence-corrected chi connectivity index (χ3v) is 3.04. The molecule has 88 valence electrons. The summed E-state index contributed by atoms with van der Waals surface area (Å²) in [5, 5.41) is 6.33. The molecule has 0 aromatic carbocycles. The Balaban J connectivity index is 2.24. The van der Waals surface area contributed by atoms with Crippen molar-refractivity contribution in [1.29, 1.82) is 0 Å². The van der Waals surface area contributed by atoms with Gasteiger partial charge in [0.05, 0.1) is 5.92 Å². The number of hydrogen-bond acceptors (Lipinski definition) is 2. The van der Waals surface area contributed by atoms with Gasteiger partial charge in [-0.1, -0.05) is 20.8 Å². The molecule has 0 aromatic heterocycles. The van der Waals surface area contributed by atoms with Crippen molar-refractivity contribution in [3.63, 3.8) is 0 Å². The molecule has 0 bridgehead atoms. The molecule has 2 unspecified atom stereocenters. The average Bonchev–Trinajstić information content (AvgIpc) is 2.48. The van der Waals surface area contributed by atoms with Gasteiger partial charge in [-0.05, 0) is 31.7 Å². The van der Waals surface area contributed by atoms with Crippen LogP contribution in [0, 0.1) is 11.3 Å². The van der Waals surface area contributed by atoms with Crippen molar-refractivity contribution in [1.82, 2.24) is 10.6 Å². The van der Waals surface area contributed by atoms with Gasteiger partial charge in [0, 0.05) is 12.6 Å². The molecule has 0 saturated carbocycles. The first-order chi connectivity index (χ1) is 6.90. The molecular formula is C12H24N2O. The van der Waals surface area contributed by atoms with E-state index in [-0.39, 0.29) is 11.8 Å². The lowest BCUT2D eigenvalue weighted by atomic mass is 9.92. The molecule has 1 aliphatic heterocycles. The minimum Gasteiger partial charge on any atom is -0.356 e. The van der Waals surface area contributed by atoms with E-state index in [0.717, 1.165) is 25.9 Å². The summed E-state index contributed by atoms with van der Waals surface area (Å²) in [7, 11) is 0. The van der Waals surface area contributed by atoms with Crippen molar-refractivity contribution in [3.05, 3.63) is 0 Å². The summed E-state index contributed by atoms with van der Waals surface area (Å²) in [6.07, 6.45) is 2.01. The second-order valence-electron chi connectivity index (χ2n) is 5.74. The van der Waals surface area contributed by atoms with Crippen LogP contribution in [0.1, 0.15) is 40.5 Å². The van der Waals surface area contributed by atoms with Gasteiger partial charge in [0.25, 0.3) is 0 Å². The van der Waals surface area contributed by atoms with Gasteiger partial charge in [-0.3, -0.25) is 4.79 Å². The first-order valence-corrected chi connectivity index (χ1v) is 5.91. The zero-order chi connectivity index (χ0) is 11.5. The average molecular weight is 212 g/mol. The van der Waals surface area contributed by atoms with E-state index in [2.05, 4.69) is 38.3 Å². The molecule has 1 fully saturated rings. The van der Waals surface area contributed by atoms with Gasteiger partial charge >= 0.3 is 0 Å². The first kappa shape index (κ1) is 12.5. The summed E-state index contributed by atoms with van der Waals surface area (Å²) >= 11 is 0. The summed E-state index contributed by atoms with van der Waals surface area (Å²) in [5.74, 6) is 0.390. The Labute approximate surface area is 93.0 Å². The van der Waals surface area contributed by atoms with Crippen molar-refractivity contribution in [2.45, 2.75) is 46.6 Å². The van der Waals surface area contributed by atoms with Crippen LogP contribution in [0.25, 0.3) is 0 Å². The summed E-state index contributed by atoms with van der Waals surface area (Å²) in [6, 6.07) is 0.333. The maximum absolute atomic E-state index is 11.8. The van der Waals surface area contributed by atoms with Crippen LogP contribution in [0.4, 0.5) is 0 Å². The Morgan fingerprint density at radius 2 is 2.13 bits per heavy atom. The summed E-state index contributed by atoms with van der Waals surface area (Å²) in [4.78, 5) is 11.8. The zero-order valence-corrected chi connectivity index (χ0v) is 10.4. The fraction of sp³-hybridized carbons (Fsp3) is 0.917. The number of nitrogens with one attached hydrogen (secondary N) is 2. The van der Waals surface area contributed by atoms with E-state index in [1.54, 1.807) is 0 Å².